The van der Waals surface area contributed by atoms with E-state index in [0.29, 0.717) is 10.9 Å². The van der Waals surface area contributed by atoms with Gasteiger partial charge in [0.05, 0.1) is 21.1 Å². The first-order valence-corrected chi connectivity index (χ1v) is 14.8. The Balaban J connectivity index is 3.52. The van der Waals surface area contributed by atoms with Crippen LogP contribution in [0.25, 0.3) is 0 Å². The second-order valence-electron chi connectivity index (χ2n) is 10.8. The molecule has 0 amide bonds. The summed E-state index contributed by atoms with van der Waals surface area (Å²) in [4.78, 5) is 19.2. The van der Waals surface area contributed by atoms with Gasteiger partial charge in [0.1, 0.15) is 6.54 Å². The van der Waals surface area contributed by atoms with Gasteiger partial charge in [-0.15, -0.1) is 6.58 Å². The van der Waals surface area contributed by atoms with E-state index in [4.69, 9.17) is 0 Å². The molecule has 192 valence electrons. The van der Waals surface area contributed by atoms with E-state index in [9.17, 15) is 19.5 Å². The van der Waals surface area contributed by atoms with Crippen molar-refractivity contribution in [3.63, 3.8) is 0 Å². The second-order valence-corrected chi connectivity index (χ2v) is 12.7. The van der Waals surface area contributed by atoms with E-state index in [1.165, 1.54) is 96.3 Å². The SMILES string of the molecule is C=CCCCCCCCCCCCCCCCCCCCC(O)(C[N+](C)(C)C)P(=O)(O)O. The van der Waals surface area contributed by atoms with Crippen molar-refractivity contribution in [2.45, 2.75) is 127 Å². The monoisotopic (exact) mass is 476 g/mol. The van der Waals surface area contributed by atoms with Crippen LogP contribution in [0.2, 0.25) is 0 Å². The summed E-state index contributed by atoms with van der Waals surface area (Å²) in [6.45, 7) is 3.83. The first kappa shape index (κ1) is 31.8. The molecule has 0 aliphatic heterocycles. The number of hydrogen-bond donors (Lipinski definition) is 3. The lowest BCUT2D eigenvalue weighted by molar-refractivity contribution is -0.875. The lowest BCUT2D eigenvalue weighted by atomic mass is 10.0. The molecule has 0 aromatic rings. The third-order valence-electron chi connectivity index (χ3n) is 6.26. The predicted octanol–water partition coefficient (Wildman–Crippen LogP) is 7.16. The third-order valence-corrected chi connectivity index (χ3v) is 7.70. The zero-order chi connectivity index (χ0) is 24.3. The van der Waals surface area contributed by atoms with Crippen molar-refractivity contribution in [1.29, 1.82) is 0 Å². The van der Waals surface area contributed by atoms with E-state index in [-0.39, 0.29) is 13.0 Å². The number of nitrogens with zero attached hydrogens (tertiary/aromatic N) is 1. The molecule has 0 aliphatic carbocycles. The molecular formula is C26H55NO4P+. The average Bonchev–Trinajstić information content (AvgIpc) is 2.67. The fourth-order valence-electron chi connectivity index (χ4n) is 4.42. The van der Waals surface area contributed by atoms with E-state index in [0.717, 1.165) is 12.8 Å². The van der Waals surface area contributed by atoms with E-state index >= 15 is 0 Å². The smallest absolute Gasteiger partial charge is 0.362 e. The molecule has 0 rings (SSSR count). The van der Waals surface area contributed by atoms with Crippen LogP contribution in [-0.2, 0) is 4.57 Å². The fourth-order valence-corrected chi connectivity index (χ4v) is 5.48. The summed E-state index contributed by atoms with van der Waals surface area (Å²) < 4.78 is 12.1. The summed E-state index contributed by atoms with van der Waals surface area (Å²) in [5.41, 5.74) is 0. The lowest BCUT2D eigenvalue weighted by Gasteiger charge is -2.35. The summed E-state index contributed by atoms with van der Waals surface area (Å²) in [5.74, 6) is 0. The molecule has 6 heteroatoms. The van der Waals surface area contributed by atoms with Crippen molar-refractivity contribution in [3.8, 4) is 0 Å². The Hall–Kier alpha value is -0.190. The van der Waals surface area contributed by atoms with Gasteiger partial charge in [-0.3, -0.25) is 4.57 Å². The maximum Gasteiger partial charge on any atom is 0.362 e. The zero-order valence-corrected chi connectivity index (χ0v) is 22.5. The van der Waals surface area contributed by atoms with Gasteiger partial charge in [-0.05, 0) is 25.7 Å². The van der Waals surface area contributed by atoms with Gasteiger partial charge < -0.3 is 19.4 Å². The number of hydrogen-bond acceptors (Lipinski definition) is 2. The largest absolute Gasteiger partial charge is 0.373 e. The molecule has 32 heavy (non-hydrogen) atoms. The van der Waals surface area contributed by atoms with Crippen molar-refractivity contribution in [2.24, 2.45) is 0 Å². The van der Waals surface area contributed by atoms with Gasteiger partial charge in [0.2, 0.25) is 5.34 Å². The van der Waals surface area contributed by atoms with Gasteiger partial charge in [0, 0.05) is 0 Å². The maximum absolute atomic E-state index is 11.8. The summed E-state index contributed by atoms with van der Waals surface area (Å²) in [5, 5.41) is 8.64. The molecular weight excluding hydrogens is 421 g/mol. The highest BCUT2D eigenvalue weighted by molar-refractivity contribution is 7.53. The van der Waals surface area contributed by atoms with Crippen molar-refractivity contribution in [2.75, 3.05) is 27.7 Å². The molecule has 0 spiro atoms. The number of allylic oxidation sites excluding steroid dienone is 1. The van der Waals surface area contributed by atoms with Crippen molar-refractivity contribution in [3.05, 3.63) is 12.7 Å². The highest BCUT2D eigenvalue weighted by Gasteiger charge is 2.48. The van der Waals surface area contributed by atoms with Crippen LogP contribution in [0.1, 0.15) is 122 Å². The van der Waals surface area contributed by atoms with Crippen LogP contribution < -0.4 is 0 Å². The van der Waals surface area contributed by atoms with E-state index in [1.54, 1.807) is 0 Å². The van der Waals surface area contributed by atoms with E-state index in [1.807, 2.05) is 27.2 Å². The second kappa shape index (κ2) is 18.2. The van der Waals surface area contributed by atoms with Crippen LogP contribution in [-0.4, -0.2) is 52.4 Å². The molecule has 0 fully saturated rings. The number of quaternary nitrogens is 1. The first-order chi connectivity index (χ1) is 15.0. The molecule has 0 saturated heterocycles. The quantitative estimate of drug-likeness (QED) is 0.0633. The maximum atomic E-state index is 11.8. The number of rotatable bonds is 23. The molecule has 0 aliphatic rings. The number of aliphatic hydroxyl groups is 1. The Morgan fingerprint density at radius 2 is 1.00 bits per heavy atom. The summed E-state index contributed by atoms with van der Waals surface area (Å²) in [6.07, 6.45) is 24.8. The van der Waals surface area contributed by atoms with Gasteiger partial charge in [0.25, 0.3) is 0 Å². The Kier molecular flexibility index (Phi) is 18.1. The van der Waals surface area contributed by atoms with Gasteiger partial charge >= 0.3 is 7.60 Å². The number of likely N-dealkylation sites (N-methyl/N-ethyl adjacent to an activating group) is 1. The molecule has 0 aromatic heterocycles. The zero-order valence-electron chi connectivity index (χ0n) is 21.6. The molecule has 0 saturated carbocycles. The fraction of sp³-hybridized carbons (Fsp3) is 0.923. The average molecular weight is 477 g/mol. The van der Waals surface area contributed by atoms with E-state index < -0.39 is 12.9 Å². The van der Waals surface area contributed by atoms with Crippen LogP contribution in [0, 0.1) is 0 Å². The van der Waals surface area contributed by atoms with Crippen molar-refractivity contribution in [1.82, 2.24) is 0 Å². The summed E-state index contributed by atoms with van der Waals surface area (Å²) in [7, 11) is 0.985. The Morgan fingerprint density at radius 1 is 0.688 bits per heavy atom. The Bertz CT molecular complexity index is 501. The van der Waals surface area contributed by atoms with Crippen LogP contribution in [0.15, 0.2) is 12.7 Å². The molecule has 0 radical (unpaired) electrons. The minimum atomic E-state index is -4.54. The predicted molar refractivity (Wildman–Crippen MR) is 138 cm³/mol. The Morgan fingerprint density at radius 3 is 1.28 bits per heavy atom. The minimum Gasteiger partial charge on any atom is -0.373 e. The summed E-state index contributed by atoms with van der Waals surface area (Å²) in [6, 6.07) is 0. The molecule has 1 atom stereocenters. The van der Waals surface area contributed by atoms with Crippen LogP contribution in [0.3, 0.4) is 0 Å². The molecule has 0 heterocycles. The van der Waals surface area contributed by atoms with Crippen LogP contribution in [0.4, 0.5) is 0 Å². The summed E-state index contributed by atoms with van der Waals surface area (Å²) >= 11 is 0. The highest BCUT2D eigenvalue weighted by Crippen LogP contribution is 2.52. The Labute approximate surface area is 199 Å². The minimum absolute atomic E-state index is 0.0629. The molecule has 0 bridgehead atoms. The molecule has 3 N–H and O–H groups in total. The van der Waals surface area contributed by atoms with E-state index in [2.05, 4.69) is 6.58 Å². The van der Waals surface area contributed by atoms with Crippen molar-refractivity contribution < 1.29 is 23.9 Å². The van der Waals surface area contributed by atoms with Gasteiger partial charge in [-0.2, -0.15) is 0 Å². The molecule has 1 unspecified atom stereocenters. The lowest BCUT2D eigenvalue weighted by Crippen LogP contribution is -2.49. The third kappa shape index (κ3) is 18.3. The van der Waals surface area contributed by atoms with Gasteiger partial charge in [0.15, 0.2) is 0 Å². The standard InChI is InChI=1S/C26H54NO4P/c1-5-6-7-8-9-10-11-12-13-14-15-16-17-18-19-20-21-22-23-24-26(28,32(29,30)31)25-27(2,3)4/h5,28H,1,6-25H2,2-4H3,(H-,29,30,31)/p+1. The topological polar surface area (TPSA) is 77.8 Å². The first-order valence-electron chi connectivity index (χ1n) is 13.2. The highest BCUT2D eigenvalue weighted by atomic mass is 31.2. The van der Waals surface area contributed by atoms with Gasteiger partial charge in [-0.1, -0.05) is 102 Å². The van der Waals surface area contributed by atoms with Crippen molar-refractivity contribution >= 4 is 7.60 Å². The van der Waals surface area contributed by atoms with Crippen LogP contribution in [0.5, 0.6) is 0 Å². The molecule has 5 nitrogen and oxygen atoms in total. The normalized spacial score (nSPS) is 14.4. The van der Waals surface area contributed by atoms with Gasteiger partial charge in [-0.25, -0.2) is 0 Å². The molecule has 0 aromatic carbocycles. The number of unbranched alkanes of at least 4 members (excludes halogenated alkanes) is 17. The van der Waals surface area contributed by atoms with Crippen LogP contribution >= 0.6 is 7.60 Å².